The lowest BCUT2D eigenvalue weighted by Crippen LogP contribution is -2.14. The van der Waals surface area contributed by atoms with Gasteiger partial charge in [-0.25, -0.2) is 4.39 Å². The number of aromatic nitrogens is 2. The molecule has 0 atom stereocenters. The van der Waals surface area contributed by atoms with Crippen molar-refractivity contribution in [1.29, 1.82) is 0 Å². The smallest absolute Gasteiger partial charge is 0.259 e. The summed E-state index contributed by atoms with van der Waals surface area (Å²) in [5.74, 6) is -0.170. The summed E-state index contributed by atoms with van der Waals surface area (Å²) in [5, 5.41) is 10.3. The van der Waals surface area contributed by atoms with Crippen LogP contribution >= 0.6 is 0 Å². The summed E-state index contributed by atoms with van der Waals surface area (Å²) in [6.07, 6.45) is 0. The number of aromatic amines is 1. The quantitative estimate of drug-likeness (QED) is 0.549. The van der Waals surface area contributed by atoms with Crippen molar-refractivity contribution in [3.05, 3.63) is 89.7 Å². The van der Waals surface area contributed by atoms with E-state index in [4.69, 9.17) is 4.74 Å². The van der Waals surface area contributed by atoms with E-state index in [-0.39, 0.29) is 5.56 Å². The third kappa shape index (κ3) is 3.64. The zero-order chi connectivity index (χ0) is 18.6. The van der Waals surface area contributed by atoms with Gasteiger partial charge in [0.15, 0.2) is 5.82 Å². The Morgan fingerprint density at radius 3 is 2.63 bits per heavy atom. The second-order valence-corrected chi connectivity index (χ2v) is 5.99. The van der Waals surface area contributed by atoms with Crippen LogP contribution < -0.4 is 10.1 Å². The van der Waals surface area contributed by atoms with Gasteiger partial charge in [-0.15, -0.1) is 0 Å². The molecule has 0 aliphatic heterocycles. The highest BCUT2D eigenvalue weighted by atomic mass is 19.1. The van der Waals surface area contributed by atoms with E-state index in [0.29, 0.717) is 23.6 Å². The van der Waals surface area contributed by atoms with Crippen LogP contribution in [0.5, 0.6) is 5.75 Å². The number of H-pyrrole nitrogens is 1. The molecule has 0 aliphatic rings. The predicted molar refractivity (Wildman–Crippen MR) is 101 cm³/mol. The van der Waals surface area contributed by atoms with Crippen molar-refractivity contribution in [2.75, 3.05) is 5.32 Å². The van der Waals surface area contributed by atoms with E-state index in [9.17, 15) is 9.18 Å². The highest BCUT2D eigenvalue weighted by Crippen LogP contribution is 2.26. The molecule has 0 fully saturated rings. The van der Waals surface area contributed by atoms with Gasteiger partial charge in [0.2, 0.25) is 0 Å². The Balaban J connectivity index is 1.55. The third-order valence-electron chi connectivity index (χ3n) is 4.13. The van der Waals surface area contributed by atoms with Crippen molar-refractivity contribution in [2.45, 2.75) is 6.61 Å². The van der Waals surface area contributed by atoms with Crippen LogP contribution in [0, 0.1) is 5.82 Å². The molecule has 0 saturated carbocycles. The van der Waals surface area contributed by atoms with E-state index >= 15 is 0 Å². The standard InChI is InChI=1S/C21H16FN3O2/c22-18-9-5-4-8-16(18)21(26)23-20-17-12-15(10-11-19(17)24-25-20)27-13-14-6-2-1-3-7-14/h1-12H,13H2,(H2,23,24,25,26). The SMILES string of the molecule is O=C(Nc1n[nH]c2ccc(OCc3ccccc3)cc12)c1ccccc1F. The molecule has 4 aromatic rings. The number of hydrogen-bond donors (Lipinski definition) is 2. The number of carbonyl (C=O) groups is 1. The lowest BCUT2D eigenvalue weighted by atomic mass is 10.2. The van der Waals surface area contributed by atoms with E-state index < -0.39 is 11.7 Å². The molecule has 0 bridgehead atoms. The molecular formula is C21H16FN3O2. The molecule has 0 unspecified atom stereocenters. The molecule has 0 aliphatic carbocycles. The first-order valence-electron chi connectivity index (χ1n) is 8.41. The molecule has 1 aromatic heterocycles. The average molecular weight is 361 g/mol. The molecule has 134 valence electrons. The number of rotatable bonds is 5. The van der Waals surface area contributed by atoms with Gasteiger partial charge < -0.3 is 10.1 Å². The molecule has 1 amide bonds. The summed E-state index contributed by atoms with van der Waals surface area (Å²) in [4.78, 5) is 12.3. The van der Waals surface area contributed by atoms with Crippen LogP contribution in [-0.2, 0) is 6.61 Å². The Hall–Kier alpha value is -3.67. The van der Waals surface area contributed by atoms with Gasteiger partial charge in [-0.3, -0.25) is 9.89 Å². The monoisotopic (exact) mass is 361 g/mol. The number of fused-ring (bicyclic) bond motifs is 1. The van der Waals surface area contributed by atoms with Crippen LogP contribution in [-0.4, -0.2) is 16.1 Å². The minimum absolute atomic E-state index is 0.0369. The van der Waals surface area contributed by atoms with Crippen molar-refractivity contribution in [2.24, 2.45) is 0 Å². The first-order valence-corrected chi connectivity index (χ1v) is 8.41. The molecule has 6 heteroatoms. The van der Waals surface area contributed by atoms with Crippen molar-refractivity contribution < 1.29 is 13.9 Å². The molecule has 0 radical (unpaired) electrons. The number of ether oxygens (including phenoxy) is 1. The van der Waals surface area contributed by atoms with Crippen LogP contribution in [0.1, 0.15) is 15.9 Å². The van der Waals surface area contributed by atoms with Crippen molar-refractivity contribution in [3.63, 3.8) is 0 Å². The van der Waals surface area contributed by atoms with Gasteiger partial charge in [-0.1, -0.05) is 42.5 Å². The van der Waals surface area contributed by atoms with Gasteiger partial charge in [-0.2, -0.15) is 5.10 Å². The molecule has 2 N–H and O–H groups in total. The predicted octanol–water partition coefficient (Wildman–Crippen LogP) is 4.53. The highest BCUT2D eigenvalue weighted by molar-refractivity contribution is 6.08. The number of nitrogens with zero attached hydrogens (tertiary/aromatic N) is 1. The number of nitrogens with one attached hydrogen (secondary N) is 2. The Morgan fingerprint density at radius 2 is 1.81 bits per heavy atom. The molecule has 27 heavy (non-hydrogen) atoms. The Bertz CT molecular complexity index is 1090. The van der Waals surface area contributed by atoms with Crippen LogP contribution in [0.3, 0.4) is 0 Å². The maximum Gasteiger partial charge on any atom is 0.259 e. The number of hydrogen-bond acceptors (Lipinski definition) is 3. The van der Waals surface area contributed by atoms with E-state index in [1.165, 1.54) is 18.2 Å². The fraction of sp³-hybridized carbons (Fsp3) is 0.0476. The van der Waals surface area contributed by atoms with Gasteiger partial charge in [0.25, 0.3) is 5.91 Å². The maximum absolute atomic E-state index is 13.8. The van der Waals surface area contributed by atoms with E-state index in [2.05, 4.69) is 15.5 Å². The summed E-state index contributed by atoms with van der Waals surface area (Å²) in [6, 6.07) is 21.1. The second kappa shape index (κ2) is 7.29. The third-order valence-corrected chi connectivity index (χ3v) is 4.13. The lowest BCUT2D eigenvalue weighted by Gasteiger charge is -2.07. The summed E-state index contributed by atoms with van der Waals surface area (Å²) in [5.41, 5.74) is 1.76. The van der Waals surface area contributed by atoms with Gasteiger partial charge >= 0.3 is 0 Å². The van der Waals surface area contributed by atoms with Crippen molar-refractivity contribution in [3.8, 4) is 5.75 Å². The number of benzene rings is 3. The van der Waals surface area contributed by atoms with E-state index in [1.807, 2.05) is 42.5 Å². The normalized spacial score (nSPS) is 10.7. The van der Waals surface area contributed by atoms with Crippen LogP contribution in [0.2, 0.25) is 0 Å². The second-order valence-electron chi connectivity index (χ2n) is 5.99. The minimum Gasteiger partial charge on any atom is -0.489 e. The summed E-state index contributed by atoms with van der Waals surface area (Å²) in [6.45, 7) is 0.432. The van der Waals surface area contributed by atoms with Crippen molar-refractivity contribution in [1.82, 2.24) is 10.2 Å². The van der Waals surface area contributed by atoms with Gasteiger partial charge in [0.05, 0.1) is 11.1 Å². The Kier molecular flexibility index (Phi) is 4.53. The zero-order valence-electron chi connectivity index (χ0n) is 14.3. The molecule has 3 aromatic carbocycles. The lowest BCUT2D eigenvalue weighted by molar-refractivity contribution is 0.102. The zero-order valence-corrected chi connectivity index (χ0v) is 14.3. The minimum atomic E-state index is -0.582. The van der Waals surface area contributed by atoms with E-state index in [1.54, 1.807) is 12.1 Å². The first kappa shape index (κ1) is 16.8. The highest BCUT2D eigenvalue weighted by Gasteiger charge is 2.15. The number of anilines is 1. The molecule has 5 nitrogen and oxygen atoms in total. The van der Waals surface area contributed by atoms with Gasteiger partial charge in [0.1, 0.15) is 18.2 Å². The molecule has 0 spiro atoms. The van der Waals surface area contributed by atoms with Crippen LogP contribution in [0.25, 0.3) is 10.9 Å². The fourth-order valence-electron chi connectivity index (χ4n) is 2.74. The van der Waals surface area contributed by atoms with Crippen molar-refractivity contribution >= 4 is 22.6 Å². The van der Waals surface area contributed by atoms with Crippen LogP contribution in [0.15, 0.2) is 72.8 Å². The molecular weight excluding hydrogens is 345 g/mol. The fourth-order valence-corrected chi connectivity index (χ4v) is 2.74. The van der Waals surface area contributed by atoms with Crippen LogP contribution in [0.4, 0.5) is 10.2 Å². The Morgan fingerprint density at radius 1 is 1.04 bits per heavy atom. The summed E-state index contributed by atoms with van der Waals surface area (Å²) in [7, 11) is 0. The largest absolute Gasteiger partial charge is 0.489 e. The molecule has 4 rings (SSSR count). The number of carbonyl (C=O) groups excluding carboxylic acids is 1. The molecule has 0 saturated heterocycles. The number of halogens is 1. The maximum atomic E-state index is 13.8. The van der Waals surface area contributed by atoms with Gasteiger partial charge in [0, 0.05) is 5.39 Å². The summed E-state index contributed by atoms with van der Waals surface area (Å²) >= 11 is 0. The first-order chi connectivity index (χ1) is 13.2. The summed E-state index contributed by atoms with van der Waals surface area (Å²) < 4.78 is 19.6. The van der Waals surface area contributed by atoms with Gasteiger partial charge in [-0.05, 0) is 35.9 Å². The number of amides is 1. The average Bonchev–Trinajstić information content (AvgIpc) is 3.09. The Labute approximate surface area is 154 Å². The molecule has 1 heterocycles. The topological polar surface area (TPSA) is 67.0 Å². The van der Waals surface area contributed by atoms with E-state index in [0.717, 1.165) is 11.1 Å².